The molecule has 2 saturated heterocycles. The zero-order chi connectivity index (χ0) is 20.1. The Morgan fingerprint density at radius 3 is 2.14 bits per heavy atom. The van der Waals surface area contributed by atoms with Crippen LogP contribution in [-0.4, -0.2) is 78.9 Å². The number of aromatic nitrogens is 3. The van der Waals surface area contributed by atoms with Crippen LogP contribution in [0.2, 0.25) is 0 Å². The fraction of sp³-hybridized carbons (Fsp3) is 0.444. The third-order valence-corrected chi connectivity index (χ3v) is 5.05. The van der Waals surface area contributed by atoms with Crippen LogP contribution in [0.25, 0.3) is 0 Å². The molecule has 2 aliphatic heterocycles. The molecule has 0 bridgehead atoms. The highest BCUT2D eigenvalue weighted by atomic mass is 79.9. The molecule has 0 aliphatic carbocycles. The van der Waals surface area contributed by atoms with Crippen LogP contribution in [0.4, 0.5) is 17.8 Å². The first kappa shape index (κ1) is 19.8. The Kier molecular flexibility index (Phi) is 6.37. The lowest BCUT2D eigenvalue weighted by Gasteiger charge is -2.30. The molecule has 2 N–H and O–H groups in total. The summed E-state index contributed by atoms with van der Waals surface area (Å²) in [6.07, 6.45) is 1.52. The third-order valence-electron chi connectivity index (χ3n) is 4.56. The highest BCUT2D eigenvalue weighted by Gasteiger charge is 2.20. The van der Waals surface area contributed by atoms with Gasteiger partial charge in [0.1, 0.15) is 5.75 Å². The zero-order valence-electron chi connectivity index (χ0n) is 15.8. The second-order valence-electron chi connectivity index (χ2n) is 6.53. The number of rotatable bonds is 5. The van der Waals surface area contributed by atoms with Gasteiger partial charge in [-0.1, -0.05) is 15.9 Å². The van der Waals surface area contributed by atoms with E-state index in [0.717, 1.165) is 30.7 Å². The first-order chi connectivity index (χ1) is 14.2. The van der Waals surface area contributed by atoms with Crippen molar-refractivity contribution < 1.29 is 14.6 Å². The molecule has 29 heavy (non-hydrogen) atoms. The molecule has 154 valence electrons. The molecule has 0 saturated carbocycles. The number of hydrazone groups is 1. The minimum absolute atomic E-state index is 0.136. The largest absolute Gasteiger partial charge is 0.507 e. The lowest BCUT2D eigenvalue weighted by Crippen LogP contribution is -2.40. The summed E-state index contributed by atoms with van der Waals surface area (Å²) in [5.74, 6) is 1.66. The van der Waals surface area contributed by atoms with Gasteiger partial charge in [0.2, 0.25) is 17.8 Å². The number of nitrogens with zero attached hydrogens (tertiary/aromatic N) is 6. The van der Waals surface area contributed by atoms with Crippen LogP contribution in [0.5, 0.6) is 5.75 Å². The van der Waals surface area contributed by atoms with Crippen LogP contribution in [-0.2, 0) is 9.47 Å². The van der Waals surface area contributed by atoms with E-state index < -0.39 is 0 Å². The Balaban J connectivity index is 1.57. The van der Waals surface area contributed by atoms with E-state index in [-0.39, 0.29) is 5.75 Å². The molecule has 11 heteroatoms. The maximum Gasteiger partial charge on any atom is 0.250 e. The summed E-state index contributed by atoms with van der Waals surface area (Å²) in [7, 11) is 0. The monoisotopic (exact) mass is 463 g/mol. The molecule has 0 radical (unpaired) electrons. The Labute approximate surface area is 176 Å². The van der Waals surface area contributed by atoms with E-state index in [9.17, 15) is 5.11 Å². The number of halogens is 1. The van der Waals surface area contributed by atoms with E-state index in [1.54, 1.807) is 18.2 Å². The Morgan fingerprint density at radius 2 is 1.55 bits per heavy atom. The van der Waals surface area contributed by atoms with Gasteiger partial charge in [0.25, 0.3) is 0 Å². The first-order valence-electron chi connectivity index (χ1n) is 9.38. The molecule has 0 spiro atoms. The molecule has 2 fully saturated rings. The van der Waals surface area contributed by atoms with Crippen LogP contribution in [0.1, 0.15) is 5.56 Å². The summed E-state index contributed by atoms with van der Waals surface area (Å²) < 4.78 is 11.7. The summed E-state index contributed by atoms with van der Waals surface area (Å²) in [5, 5.41) is 14.1. The summed E-state index contributed by atoms with van der Waals surface area (Å²) in [6.45, 7) is 5.46. The van der Waals surface area contributed by atoms with Crippen LogP contribution in [0.3, 0.4) is 0 Å². The fourth-order valence-corrected chi connectivity index (χ4v) is 3.38. The van der Waals surface area contributed by atoms with Gasteiger partial charge in [0.15, 0.2) is 0 Å². The molecule has 4 rings (SSSR count). The molecule has 1 aromatic heterocycles. The molecule has 2 aliphatic rings. The van der Waals surface area contributed by atoms with E-state index in [1.165, 1.54) is 6.21 Å². The van der Waals surface area contributed by atoms with Gasteiger partial charge in [-0.3, -0.25) is 0 Å². The van der Waals surface area contributed by atoms with Crippen LogP contribution in [0.15, 0.2) is 27.8 Å². The molecule has 3 heterocycles. The Hall–Kier alpha value is -2.50. The lowest BCUT2D eigenvalue weighted by atomic mass is 10.2. The number of hydrogen-bond donors (Lipinski definition) is 2. The zero-order valence-corrected chi connectivity index (χ0v) is 17.4. The quantitative estimate of drug-likeness (QED) is 0.502. The second kappa shape index (κ2) is 9.33. The first-order valence-corrected chi connectivity index (χ1v) is 10.2. The minimum atomic E-state index is 0.136. The predicted octanol–water partition coefficient (Wildman–Crippen LogP) is 1.46. The summed E-state index contributed by atoms with van der Waals surface area (Å²) >= 11 is 3.38. The average molecular weight is 464 g/mol. The fourth-order valence-electron chi connectivity index (χ4n) is 3.00. The number of anilines is 3. The maximum atomic E-state index is 9.94. The van der Waals surface area contributed by atoms with Gasteiger partial charge in [-0.2, -0.15) is 20.1 Å². The van der Waals surface area contributed by atoms with E-state index in [1.807, 2.05) is 0 Å². The minimum Gasteiger partial charge on any atom is -0.507 e. The van der Waals surface area contributed by atoms with Gasteiger partial charge < -0.3 is 24.4 Å². The van der Waals surface area contributed by atoms with Crippen molar-refractivity contribution in [2.75, 3.05) is 67.8 Å². The van der Waals surface area contributed by atoms with Crippen LogP contribution in [0, 0.1) is 0 Å². The molecule has 2 aromatic rings. The number of phenolic OH excluding ortho intramolecular Hbond substituents is 1. The average Bonchev–Trinajstić information content (AvgIpc) is 2.77. The lowest BCUT2D eigenvalue weighted by molar-refractivity contribution is 0.121. The van der Waals surface area contributed by atoms with Gasteiger partial charge in [0.05, 0.1) is 32.6 Å². The second-order valence-corrected chi connectivity index (χ2v) is 7.45. The van der Waals surface area contributed by atoms with Crippen molar-refractivity contribution >= 4 is 40.0 Å². The number of phenols is 1. The topological polar surface area (TPSA) is 108 Å². The van der Waals surface area contributed by atoms with Gasteiger partial charge in [-0.25, -0.2) is 5.43 Å². The number of aromatic hydroxyl groups is 1. The summed E-state index contributed by atoms with van der Waals surface area (Å²) in [6, 6.07) is 5.13. The number of hydrogen-bond acceptors (Lipinski definition) is 10. The van der Waals surface area contributed by atoms with Gasteiger partial charge in [-0.15, -0.1) is 0 Å². The highest BCUT2D eigenvalue weighted by molar-refractivity contribution is 9.10. The van der Waals surface area contributed by atoms with Gasteiger partial charge >= 0.3 is 0 Å². The molecular weight excluding hydrogens is 442 g/mol. The summed E-state index contributed by atoms with van der Waals surface area (Å²) in [5.41, 5.74) is 3.44. The van der Waals surface area contributed by atoms with E-state index in [0.29, 0.717) is 49.8 Å². The highest BCUT2D eigenvalue weighted by Crippen LogP contribution is 2.21. The molecule has 0 unspecified atom stereocenters. The molecular formula is C18H22BrN7O3. The van der Waals surface area contributed by atoms with Crippen molar-refractivity contribution in [1.82, 2.24) is 15.0 Å². The molecule has 0 amide bonds. The standard InChI is InChI=1S/C18H22BrN7O3/c19-14-1-2-15(27)13(11-14)12-20-24-16-21-17(25-3-7-28-8-4-25)23-18(22-16)26-5-9-29-10-6-26/h1-2,11-12,27H,3-10H2,(H,21,22,23,24)/b20-12+. The van der Waals surface area contributed by atoms with E-state index in [4.69, 9.17) is 9.47 Å². The summed E-state index contributed by atoms with van der Waals surface area (Å²) in [4.78, 5) is 17.8. The number of nitrogens with one attached hydrogen (secondary N) is 1. The van der Waals surface area contributed by atoms with Crippen LogP contribution < -0.4 is 15.2 Å². The molecule has 0 atom stereocenters. The smallest absolute Gasteiger partial charge is 0.250 e. The Morgan fingerprint density at radius 1 is 0.966 bits per heavy atom. The van der Waals surface area contributed by atoms with Crippen molar-refractivity contribution in [3.05, 3.63) is 28.2 Å². The van der Waals surface area contributed by atoms with E-state index >= 15 is 0 Å². The molecule has 10 nitrogen and oxygen atoms in total. The van der Waals surface area contributed by atoms with Gasteiger partial charge in [-0.05, 0) is 18.2 Å². The Bertz CT molecular complexity index is 834. The number of morpholine rings is 2. The van der Waals surface area contributed by atoms with Crippen LogP contribution >= 0.6 is 15.9 Å². The normalized spacial score (nSPS) is 17.7. The van der Waals surface area contributed by atoms with Crippen molar-refractivity contribution in [3.8, 4) is 5.75 Å². The molecule has 1 aromatic carbocycles. The number of ether oxygens (including phenoxy) is 2. The van der Waals surface area contributed by atoms with Crippen molar-refractivity contribution in [1.29, 1.82) is 0 Å². The van der Waals surface area contributed by atoms with Gasteiger partial charge in [0, 0.05) is 36.2 Å². The third kappa shape index (κ3) is 5.11. The predicted molar refractivity (Wildman–Crippen MR) is 113 cm³/mol. The SMILES string of the molecule is Oc1ccc(Br)cc1/C=N/Nc1nc(N2CCOCC2)nc(N2CCOCC2)n1. The number of benzene rings is 1. The van der Waals surface area contributed by atoms with E-state index in [2.05, 4.69) is 51.2 Å². The van der Waals surface area contributed by atoms with Crippen molar-refractivity contribution in [3.63, 3.8) is 0 Å². The maximum absolute atomic E-state index is 9.94. The van der Waals surface area contributed by atoms with Crippen molar-refractivity contribution in [2.45, 2.75) is 0 Å². The van der Waals surface area contributed by atoms with Crippen molar-refractivity contribution in [2.24, 2.45) is 5.10 Å².